The molecule has 0 unspecified atom stereocenters. The first-order valence-corrected chi connectivity index (χ1v) is 6.49. The molecule has 4 heteroatoms. The van der Waals surface area contributed by atoms with Crippen LogP contribution in [0.3, 0.4) is 0 Å². The van der Waals surface area contributed by atoms with Gasteiger partial charge in [0.1, 0.15) is 5.82 Å². The lowest BCUT2D eigenvalue weighted by Gasteiger charge is -2.13. The van der Waals surface area contributed by atoms with Crippen molar-refractivity contribution in [2.24, 2.45) is 5.84 Å². The first-order valence-electron chi connectivity index (χ1n) is 6.49. The summed E-state index contributed by atoms with van der Waals surface area (Å²) in [6, 6.07) is 6.20. The molecule has 2 aromatic rings. The molecule has 4 nitrogen and oxygen atoms in total. The zero-order chi connectivity index (χ0) is 14.0. The van der Waals surface area contributed by atoms with Crippen molar-refractivity contribution in [3.63, 3.8) is 0 Å². The van der Waals surface area contributed by atoms with Crippen molar-refractivity contribution in [1.82, 2.24) is 9.97 Å². The summed E-state index contributed by atoms with van der Waals surface area (Å²) in [5.41, 5.74) is 8.15. The van der Waals surface area contributed by atoms with Gasteiger partial charge in [-0.25, -0.2) is 15.8 Å². The monoisotopic (exact) mass is 256 g/mol. The molecule has 0 aliphatic rings. The van der Waals surface area contributed by atoms with Crippen LogP contribution in [0.15, 0.2) is 18.2 Å². The molecule has 19 heavy (non-hydrogen) atoms. The molecule has 0 aliphatic carbocycles. The van der Waals surface area contributed by atoms with Crippen LogP contribution in [0.1, 0.15) is 29.3 Å². The van der Waals surface area contributed by atoms with Crippen LogP contribution in [-0.2, 0) is 6.42 Å². The van der Waals surface area contributed by atoms with E-state index in [0.29, 0.717) is 5.82 Å². The number of benzene rings is 1. The number of anilines is 1. The quantitative estimate of drug-likeness (QED) is 0.654. The van der Waals surface area contributed by atoms with Crippen LogP contribution in [0.4, 0.5) is 5.82 Å². The van der Waals surface area contributed by atoms with E-state index in [2.05, 4.69) is 48.3 Å². The van der Waals surface area contributed by atoms with E-state index in [-0.39, 0.29) is 0 Å². The maximum Gasteiger partial charge on any atom is 0.162 e. The van der Waals surface area contributed by atoms with Crippen molar-refractivity contribution < 1.29 is 0 Å². The van der Waals surface area contributed by atoms with E-state index in [1.165, 1.54) is 11.1 Å². The van der Waals surface area contributed by atoms with Gasteiger partial charge in [-0.3, -0.25) is 0 Å². The smallest absolute Gasteiger partial charge is 0.162 e. The van der Waals surface area contributed by atoms with E-state index in [1.54, 1.807) is 0 Å². The SMILES string of the molecule is CCc1nc(-c2c(C)cccc2C)nc(NN)c1C. The molecule has 0 bridgehead atoms. The van der Waals surface area contributed by atoms with E-state index >= 15 is 0 Å². The third-order valence-corrected chi connectivity index (χ3v) is 3.42. The molecule has 0 saturated carbocycles. The van der Waals surface area contributed by atoms with E-state index in [1.807, 2.05) is 13.0 Å². The molecule has 0 amide bonds. The van der Waals surface area contributed by atoms with Crippen LogP contribution in [0.5, 0.6) is 0 Å². The third-order valence-electron chi connectivity index (χ3n) is 3.42. The second-order valence-electron chi connectivity index (χ2n) is 4.73. The molecule has 0 radical (unpaired) electrons. The van der Waals surface area contributed by atoms with Crippen molar-refractivity contribution in [3.8, 4) is 11.4 Å². The predicted octanol–water partition coefficient (Wildman–Crippen LogP) is 2.92. The van der Waals surface area contributed by atoms with Gasteiger partial charge in [-0.2, -0.15) is 0 Å². The fourth-order valence-corrected chi connectivity index (χ4v) is 2.33. The molecule has 0 saturated heterocycles. The van der Waals surface area contributed by atoms with Crippen molar-refractivity contribution in [2.75, 3.05) is 5.43 Å². The van der Waals surface area contributed by atoms with E-state index in [9.17, 15) is 0 Å². The lowest BCUT2D eigenvalue weighted by atomic mass is 10.0. The van der Waals surface area contributed by atoms with Crippen LogP contribution in [0.25, 0.3) is 11.4 Å². The molecule has 1 aromatic carbocycles. The Hall–Kier alpha value is -1.94. The van der Waals surface area contributed by atoms with Gasteiger partial charge >= 0.3 is 0 Å². The van der Waals surface area contributed by atoms with Crippen LogP contribution in [0.2, 0.25) is 0 Å². The minimum Gasteiger partial charge on any atom is -0.308 e. The molecule has 2 rings (SSSR count). The fraction of sp³-hybridized carbons (Fsp3) is 0.333. The summed E-state index contributed by atoms with van der Waals surface area (Å²) in [5.74, 6) is 7.00. The second-order valence-corrected chi connectivity index (χ2v) is 4.73. The largest absolute Gasteiger partial charge is 0.308 e. The summed E-state index contributed by atoms with van der Waals surface area (Å²) in [6.45, 7) is 8.23. The van der Waals surface area contributed by atoms with Crippen molar-refractivity contribution in [1.29, 1.82) is 0 Å². The highest BCUT2D eigenvalue weighted by Gasteiger charge is 2.13. The number of hydrogen-bond acceptors (Lipinski definition) is 4. The van der Waals surface area contributed by atoms with E-state index in [4.69, 9.17) is 5.84 Å². The minimum atomic E-state index is 0.699. The number of nitrogens with one attached hydrogen (secondary N) is 1. The molecule has 1 aromatic heterocycles. The first kappa shape index (κ1) is 13.5. The maximum atomic E-state index is 5.56. The lowest BCUT2D eigenvalue weighted by molar-refractivity contribution is 0.971. The zero-order valence-electron chi connectivity index (χ0n) is 11.9. The predicted molar refractivity (Wildman–Crippen MR) is 78.9 cm³/mol. The van der Waals surface area contributed by atoms with Gasteiger partial charge in [0.05, 0.1) is 0 Å². The number of rotatable bonds is 3. The molecule has 1 heterocycles. The van der Waals surface area contributed by atoms with Crippen molar-refractivity contribution >= 4 is 5.82 Å². The molecule has 0 aliphatic heterocycles. The summed E-state index contributed by atoms with van der Waals surface area (Å²) in [5, 5.41) is 0. The van der Waals surface area contributed by atoms with Gasteiger partial charge in [0.15, 0.2) is 5.82 Å². The fourth-order valence-electron chi connectivity index (χ4n) is 2.33. The van der Waals surface area contributed by atoms with Crippen molar-refractivity contribution in [2.45, 2.75) is 34.1 Å². The lowest BCUT2D eigenvalue weighted by Crippen LogP contribution is -2.13. The Morgan fingerprint density at radius 3 is 2.26 bits per heavy atom. The summed E-state index contributed by atoms with van der Waals surface area (Å²) < 4.78 is 0. The Morgan fingerprint density at radius 1 is 1.11 bits per heavy atom. The average molecular weight is 256 g/mol. The molecule has 0 atom stereocenters. The van der Waals surface area contributed by atoms with Gasteiger partial charge in [0.25, 0.3) is 0 Å². The van der Waals surface area contributed by atoms with Crippen molar-refractivity contribution in [3.05, 3.63) is 40.6 Å². The number of nitrogens with zero attached hydrogens (tertiary/aromatic N) is 2. The number of aryl methyl sites for hydroxylation is 3. The molecule has 0 spiro atoms. The number of nitrogen functional groups attached to an aromatic ring is 1. The van der Waals surface area contributed by atoms with Gasteiger partial charge in [0, 0.05) is 16.8 Å². The summed E-state index contributed by atoms with van der Waals surface area (Å²) in [7, 11) is 0. The molecule has 100 valence electrons. The molecule has 0 fully saturated rings. The number of aromatic nitrogens is 2. The van der Waals surface area contributed by atoms with Crippen LogP contribution < -0.4 is 11.3 Å². The number of hydrazine groups is 1. The number of nitrogens with two attached hydrogens (primary N) is 1. The summed E-state index contributed by atoms with van der Waals surface area (Å²) in [6.07, 6.45) is 0.862. The minimum absolute atomic E-state index is 0.699. The maximum absolute atomic E-state index is 5.56. The van der Waals surface area contributed by atoms with Gasteiger partial charge in [0.2, 0.25) is 0 Å². The van der Waals surface area contributed by atoms with Gasteiger partial charge in [-0.15, -0.1) is 0 Å². The molecular weight excluding hydrogens is 236 g/mol. The highest BCUT2D eigenvalue weighted by Crippen LogP contribution is 2.27. The standard InChI is InChI=1S/C15H20N4/c1-5-12-11(4)14(19-16)18-15(17-12)13-9(2)7-6-8-10(13)3/h6-8H,5,16H2,1-4H3,(H,17,18,19). The van der Waals surface area contributed by atoms with Gasteiger partial charge in [-0.1, -0.05) is 25.1 Å². The Kier molecular flexibility index (Phi) is 3.81. The molecular formula is C15H20N4. The van der Waals surface area contributed by atoms with Crippen LogP contribution in [0, 0.1) is 20.8 Å². The Bertz CT molecular complexity index is 560. The highest BCUT2D eigenvalue weighted by atomic mass is 15.3. The summed E-state index contributed by atoms with van der Waals surface area (Å²) >= 11 is 0. The average Bonchev–Trinajstić information content (AvgIpc) is 2.40. The highest BCUT2D eigenvalue weighted by molar-refractivity contribution is 5.66. The second kappa shape index (κ2) is 5.36. The number of hydrogen-bond donors (Lipinski definition) is 2. The Labute approximate surface area is 114 Å². The molecule has 3 N–H and O–H groups in total. The van der Waals surface area contributed by atoms with Gasteiger partial charge in [-0.05, 0) is 38.3 Å². The normalized spacial score (nSPS) is 10.6. The Balaban J connectivity index is 2.69. The summed E-state index contributed by atoms with van der Waals surface area (Å²) in [4.78, 5) is 9.23. The zero-order valence-corrected chi connectivity index (χ0v) is 11.9. The first-order chi connectivity index (χ1) is 9.08. The topological polar surface area (TPSA) is 63.8 Å². The third kappa shape index (κ3) is 2.44. The van der Waals surface area contributed by atoms with Crippen LogP contribution in [-0.4, -0.2) is 9.97 Å². The van der Waals surface area contributed by atoms with Gasteiger partial charge < -0.3 is 5.43 Å². The Morgan fingerprint density at radius 2 is 1.74 bits per heavy atom. The van der Waals surface area contributed by atoms with E-state index in [0.717, 1.165) is 29.1 Å². The van der Waals surface area contributed by atoms with E-state index < -0.39 is 0 Å². The van der Waals surface area contributed by atoms with Crippen LogP contribution >= 0.6 is 0 Å².